The van der Waals surface area contributed by atoms with Gasteiger partial charge in [0.05, 0.1) is 0 Å². The number of halogens is 1. The Morgan fingerprint density at radius 1 is 1.67 bits per heavy atom. The molecule has 0 N–H and O–H groups in total. The van der Waals surface area contributed by atoms with Crippen molar-refractivity contribution in [2.24, 2.45) is 0 Å². The molecule has 0 aliphatic rings. The van der Waals surface area contributed by atoms with Gasteiger partial charge in [0.1, 0.15) is 8.83 Å². The number of hydrogen-bond acceptors (Lipinski definition) is 0. The molecule has 6 heavy (non-hydrogen) atoms. The van der Waals surface area contributed by atoms with Crippen molar-refractivity contribution >= 4 is 19.9 Å². The highest BCUT2D eigenvalue weighted by atomic mass is 35.6. The smallest absolute Gasteiger partial charge is 0.148 e. The molecule has 0 rings (SSSR count). The third-order valence-corrected chi connectivity index (χ3v) is 1.35. The zero-order chi connectivity index (χ0) is 4.83. The van der Waals surface area contributed by atoms with Crippen LogP contribution >= 0.6 is 11.1 Å². The molecule has 0 atom stereocenters. The van der Waals surface area contributed by atoms with E-state index in [0.717, 1.165) is 0 Å². The maximum absolute atomic E-state index is 5.38. The molecule has 0 saturated heterocycles. The van der Waals surface area contributed by atoms with E-state index in [2.05, 4.69) is 6.58 Å². The molecule has 0 spiro atoms. The Balaban J connectivity index is 2.94. The van der Waals surface area contributed by atoms with Gasteiger partial charge in [-0.15, -0.1) is 0 Å². The van der Waals surface area contributed by atoms with Crippen molar-refractivity contribution in [2.45, 2.75) is 0 Å². The minimum atomic E-state index is -0.377. The Hall–Kier alpha value is -0.0131. The van der Waals surface area contributed by atoms with Gasteiger partial charge in [-0.25, -0.2) is 0 Å². The van der Waals surface area contributed by atoms with Gasteiger partial charge in [0, 0.05) is 0 Å². The van der Waals surface area contributed by atoms with Gasteiger partial charge in [-0.3, -0.25) is 0 Å². The minimum Gasteiger partial charge on any atom is -0.171 e. The van der Waals surface area contributed by atoms with Crippen LogP contribution in [0.15, 0.2) is 24.4 Å². The van der Waals surface area contributed by atoms with Gasteiger partial charge in [0.15, 0.2) is 0 Å². The normalized spacial score (nSPS) is 11.5. The number of hydrogen-bond donors (Lipinski definition) is 0. The Kier molecular flexibility index (Phi) is 4.98. The van der Waals surface area contributed by atoms with Gasteiger partial charge in [0.2, 0.25) is 0 Å². The van der Waals surface area contributed by atoms with Crippen LogP contribution in [0.3, 0.4) is 0 Å². The van der Waals surface area contributed by atoms with Crippen molar-refractivity contribution in [1.82, 2.24) is 0 Å². The molecule has 2 heteroatoms. The first kappa shape index (κ1) is 5.99. The first-order valence-corrected chi connectivity index (χ1v) is 4.71. The van der Waals surface area contributed by atoms with Crippen LogP contribution in [0.4, 0.5) is 0 Å². The zero-order valence-electron chi connectivity index (χ0n) is 3.52. The van der Waals surface area contributed by atoms with E-state index in [1.807, 2.05) is 11.8 Å². The predicted octanol–water partition coefficient (Wildman–Crippen LogP) is 1.01. The van der Waals surface area contributed by atoms with Crippen LogP contribution in [0.1, 0.15) is 0 Å². The Labute approximate surface area is 45.0 Å². The second kappa shape index (κ2) is 4.99. The standard InChI is InChI=1S/C4H7ClSi/c1-2-3-4-6-5/h2-4H,1,6H2. The van der Waals surface area contributed by atoms with Crippen molar-refractivity contribution < 1.29 is 0 Å². The Morgan fingerprint density at radius 2 is 2.33 bits per heavy atom. The van der Waals surface area contributed by atoms with Crippen molar-refractivity contribution in [1.29, 1.82) is 0 Å². The molecule has 34 valence electrons. The quantitative estimate of drug-likeness (QED) is 0.289. The van der Waals surface area contributed by atoms with Gasteiger partial charge in [0.25, 0.3) is 0 Å². The molecule has 0 radical (unpaired) electrons. The zero-order valence-corrected chi connectivity index (χ0v) is 5.69. The summed E-state index contributed by atoms with van der Waals surface area (Å²) < 4.78 is 0. The molecule has 0 aliphatic heterocycles. The van der Waals surface area contributed by atoms with Crippen LogP contribution in [0.2, 0.25) is 0 Å². The van der Waals surface area contributed by atoms with E-state index in [0.29, 0.717) is 0 Å². The fourth-order valence-electron chi connectivity index (χ4n) is 0.148. The first-order valence-electron chi connectivity index (χ1n) is 1.75. The Bertz CT molecular complexity index is 58.6. The fraction of sp³-hybridized carbons (Fsp3) is 0. The molecule has 0 aromatic heterocycles. The van der Waals surface area contributed by atoms with Crippen molar-refractivity contribution in [3.63, 3.8) is 0 Å². The summed E-state index contributed by atoms with van der Waals surface area (Å²) in [6, 6.07) is 0. The van der Waals surface area contributed by atoms with Crippen LogP contribution in [0, 0.1) is 0 Å². The van der Waals surface area contributed by atoms with Crippen molar-refractivity contribution in [2.75, 3.05) is 0 Å². The summed E-state index contributed by atoms with van der Waals surface area (Å²) in [4.78, 5) is 0. The molecule has 0 nitrogen and oxygen atoms in total. The fourth-order valence-corrected chi connectivity index (χ4v) is 0.752. The van der Waals surface area contributed by atoms with E-state index < -0.39 is 0 Å². The summed E-state index contributed by atoms with van der Waals surface area (Å²) in [5, 5.41) is 0. The highest BCUT2D eigenvalue weighted by Gasteiger charge is 1.59. The van der Waals surface area contributed by atoms with Gasteiger partial charge < -0.3 is 0 Å². The van der Waals surface area contributed by atoms with Crippen LogP contribution in [-0.4, -0.2) is 8.83 Å². The lowest BCUT2D eigenvalue weighted by atomic mass is 10.6. The van der Waals surface area contributed by atoms with E-state index in [1.54, 1.807) is 6.08 Å². The molecule has 0 aromatic rings. The molecule has 0 heterocycles. The third kappa shape index (κ3) is 3.99. The van der Waals surface area contributed by atoms with Crippen LogP contribution in [0.25, 0.3) is 0 Å². The predicted molar refractivity (Wildman–Crippen MR) is 33.7 cm³/mol. The largest absolute Gasteiger partial charge is 0.171 e. The van der Waals surface area contributed by atoms with Crippen LogP contribution in [-0.2, 0) is 0 Å². The molecule has 0 amide bonds. The summed E-state index contributed by atoms with van der Waals surface area (Å²) >= 11 is 5.38. The van der Waals surface area contributed by atoms with Gasteiger partial charge in [-0.1, -0.05) is 24.4 Å². The lowest BCUT2D eigenvalue weighted by Gasteiger charge is -1.64. The summed E-state index contributed by atoms with van der Waals surface area (Å²) in [6.45, 7) is 3.47. The van der Waals surface area contributed by atoms with E-state index in [4.69, 9.17) is 11.1 Å². The molecule has 0 fully saturated rings. The van der Waals surface area contributed by atoms with E-state index >= 15 is 0 Å². The van der Waals surface area contributed by atoms with Gasteiger partial charge >= 0.3 is 0 Å². The van der Waals surface area contributed by atoms with Crippen molar-refractivity contribution in [3.05, 3.63) is 24.4 Å². The maximum atomic E-state index is 5.38. The van der Waals surface area contributed by atoms with Crippen LogP contribution in [0.5, 0.6) is 0 Å². The Morgan fingerprint density at radius 3 is 2.50 bits per heavy atom. The lowest BCUT2D eigenvalue weighted by molar-refractivity contribution is 2.11. The molecular formula is C4H7ClSi. The first-order chi connectivity index (χ1) is 2.91. The highest BCUT2D eigenvalue weighted by Crippen LogP contribution is 1.72. The SMILES string of the molecule is C=CC=C[SiH2]Cl. The third-order valence-electron chi connectivity index (χ3n) is 0.361. The molecular weight excluding hydrogens is 112 g/mol. The lowest BCUT2D eigenvalue weighted by Crippen LogP contribution is -1.60. The van der Waals surface area contributed by atoms with Gasteiger partial charge in [-0.2, -0.15) is 11.1 Å². The minimum absolute atomic E-state index is 0.377. The average molecular weight is 119 g/mol. The van der Waals surface area contributed by atoms with E-state index in [9.17, 15) is 0 Å². The maximum Gasteiger partial charge on any atom is 0.148 e. The molecule has 0 aromatic carbocycles. The molecule has 0 bridgehead atoms. The topological polar surface area (TPSA) is 0 Å². The van der Waals surface area contributed by atoms with Crippen molar-refractivity contribution in [3.8, 4) is 0 Å². The summed E-state index contributed by atoms with van der Waals surface area (Å²) in [5.41, 5.74) is 1.97. The second-order valence-corrected chi connectivity index (χ2v) is 2.52. The monoisotopic (exact) mass is 118 g/mol. The summed E-state index contributed by atoms with van der Waals surface area (Å²) in [7, 11) is -0.377. The molecule has 0 saturated carbocycles. The summed E-state index contributed by atoms with van der Waals surface area (Å²) in [6.07, 6.45) is 3.61. The number of allylic oxidation sites excluding steroid dienone is 2. The molecule has 0 unspecified atom stereocenters. The van der Waals surface area contributed by atoms with Gasteiger partial charge in [-0.05, 0) is 0 Å². The summed E-state index contributed by atoms with van der Waals surface area (Å²) in [5.74, 6) is 0. The van der Waals surface area contributed by atoms with E-state index in [-0.39, 0.29) is 8.83 Å². The van der Waals surface area contributed by atoms with Crippen LogP contribution < -0.4 is 0 Å². The highest BCUT2D eigenvalue weighted by molar-refractivity contribution is 6.96. The van der Waals surface area contributed by atoms with E-state index in [1.165, 1.54) is 0 Å². The number of rotatable bonds is 2. The molecule has 0 aliphatic carbocycles. The second-order valence-electron chi connectivity index (χ2n) is 0.818. The average Bonchev–Trinajstić information content (AvgIpc) is 1.61.